The maximum Gasteiger partial charge on any atom is 0.255 e. The van der Waals surface area contributed by atoms with Crippen LogP contribution in [-0.2, 0) is 0 Å². The standard InChI is InChI=1S/C18H19Cl2NO2/c1-10(2)13-9-14(11(3)7-17(13)23-4)18(22)21-16-8-12(19)5-6-15(16)20/h5-10H,1-4H3,(H,21,22). The summed E-state index contributed by atoms with van der Waals surface area (Å²) in [6.07, 6.45) is 0. The van der Waals surface area contributed by atoms with Gasteiger partial charge in [-0.3, -0.25) is 4.79 Å². The molecule has 0 aliphatic rings. The molecule has 0 saturated heterocycles. The van der Waals surface area contributed by atoms with Crippen molar-refractivity contribution in [1.29, 1.82) is 0 Å². The first-order valence-corrected chi connectivity index (χ1v) is 8.04. The van der Waals surface area contributed by atoms with Gasteiger partial charge in [0.15, 0.2) is 0 Å². The third-order valence-corrected chi connectivity index (χ3v) is 4.18. The number of ether oxygens (including phenoxy) is 1. The molecule has 0 aliphatic carbocycles. The maximum absolute atomic E-state index is 12.6. The second kappa shape index (κ2) is 7.24. The van der Waals surface area contributed by atoms with Crippen molar-refractivity contribution in [2.24, 2.45) is 0 Å². The lowest BCUT2D eigenvalue weighted by Crippen LogP contribution is -2.14. The average molecular weight is 352 g/mol. The lowest BCUT2D eigenvalue weighted by Gasteiger charge is -2.16. The summed E-state index contributed by atoms with van der Waals surface area (Å²) in [6, 6.07) is 8.70. The first-order valence-electron chi connectivity index (χ1n) is 7.28. The molecule has 0 fully saturated rings. The van der Waals surface area contributed by atoms with E-state index in [0.29, 0.717) is 21.3 Å². The van der Waals surface area contributed by atoms with Crippen LogP contribution in [0.2, 0.25) is 10.0 Å². The van der Waals surface area contributed by atoms with Gasteiger partial charge in [-0.05, 0) is 54.3 Å². The van der Waals surface area contributed by atoms with Crippen molar-refractivity contribution in [2.45, 2.75) is 26.7 Å². The molecule has 0 heterocycles. The predicted molar refractivity (Wildman–Crippen MR) is 96.2 cm³/mol. The van der Waals surface area contributed by atoms with Crippen molar-refractivity contribution in [2.75, 3.05) is 12.4 Å². The van der Waals surface area contributed by atoms with Gasteiger partial charge in [0, 0.05) is 10.6 Å². The van der Waals surface area contributed by atoms with Gasteiger partial charge in [0.1, 0.15) is 5.75 Å². The minimum atomic E-state index is -0.226. The molecule has 0 atom stereocenters. The second-order valence-electron chi connectivity index (χ2n) is 5.64. The van der Waals surface area contributed by atoms with Crippen molar-refractivity contribution in [3.63, 3.8) is 0 Å². The number of amides is 1. The van der Waals surface area contributed by atoms with Crippen LogP contribution in [0.15, 0.2) is 30.3 Å². The molecule has 0 unspecified atom stereocenters. The SMILES string of the molecule is COc1cc(C)c(C(=O)Nc2cc(Cl)ccc2Cl)cc1C(C)C. The van der Waals surface area contributed by atoms with Gasteiger partial charge >= 0.3 is 0 Å². The van der Waals surface area contributed by atoms with Crippen LogP contribution in [0, 0.1) is 6.92 Å². The van der Waals surface area contributed by atoms with E-state index in [0.717, 1.165) is 16.9 Å². The third kappa shape index (κ3) is 3.98. The fraction of sp³-hybridized carbons (Fsp3) is 0.278. The Bertz CT molecular complexity index is 742. The van der Waals surface area contributed by atoms with E-state index in [1.807, 2.05) is 19.1 Å². The molecule has 0 aliphatic heterocycles. The summed E-state index contributed by atoms with van der Waals surface area (Å²) < 4.78 is 5.41. The molecule has 23 heavy (non-hydrogen) atoms. The zero-order valence-corrected chi connectivity index (χ0v) is 15.0. The Labute approximate surface area is 146 Å². The molecule has 2 aromatic carbocycles. The van der Waals surface area contributed by atoms with Crippen LogP contribution in [0.25, 0.3) is 0 Å². The van der Waals surface area contributed by atoms with Crippen LogP contribution in [0.1, 0.15) is 41.3 Å². The Balaban J connectivity index is 2.39. The van der Waals surface area contributed by atoms with E-state index in [1.165, 1.54) is 0 Å². The number of anilines is 1. The topological polar surface area (TPSA) is 38.3 Å². The largest absolute Gasteiger partial charge is 0.496 e. The first-order chi connectivity index (χ1) is 10.8. The average Bonchev–Trinajstić information content (AvgIpc) is 2.50. The number of rotatable bonds is 4. The third-order valence-electron chi connectivity index (χ3n) is 3.62. The van der Waals surface area contributed by atoms with Crippen molar-refractivity contribution in [3.05, 3.63) is 57.1 Å². The lowest BCUT2D eigenvalue weighted by atomic mass is 9.96. The van der Waals surface area contributed by atoms with E-state index < -0.39 is 0 Å². The molecule has 0 bridgehead atoms. The maximum atomic E-state index is 12.6. The van der Waals surface area contributed by atoms with Gasteiger partial charge in [0.05, 0.1) is 17.8 Å². The van der Waals surface area contributed by atoms with Crippen molar-refractivity contribution in [3.8, 4) is 5.75 Å². The molecule has 0 saturated carbocycles. The quantitative estimate of drug-likeness (QED) is 0.768. The number of hydrogen-bond donors (Lipinski definition) is 1. The van der Waals surface area contributed by atoms with Crippen LogP contribution < -0.4 is 10.1 Å². The molecule has 0 spiro atoms. The summed E-state index contributed by atoms with van der Waals surface area (Å²) in [5.41, 5.74) is 2.90. The highest BCUT2D eigenvalue weighted by Crippen LogP contribution is 2.31. The van der Waals surface area contributed by atoms with Gasteiger partial charge in [0.2, 0.25) is 0 Å². The molecule has 122 valence electrons. The zero-order valence-electron chi connectivity index (χ0n) is 13.5. The highest BCUT2D eigenvalue weighted by atomic mass is 35.5. The molecular weight excluding hydrogens is 333 g/mol. The number of nitrogens with one attached hydrogen (secondary N) is 1. The highest BCUT2D eigenvalue weighted by molar-refractivity contribution is 6.35. The number of hydrogen-bond acceptors (Lipinski definition) is 2. The van der Waals surface area contributed by atoms with Gasteiger partial charge < -0.3 is 10.1 Å². The fourth-order valence-electron chi connectivity index (χ4n) is 2.35. The summed E-state index contributed by atoms with van der Waals surface area (Å²) in [7, 11) is 1.63. The second-order valence-corrected chi connectivity index (χ2v) is 6.49. The monoisotopic (exact) mass is 351 g/mol. The molecule has 0 radical (unpaired) electrons. The van der Waals surface area contributed by atoms with Crippen LogP contribution in [-0.4, -0.2) is 13.0 Å². The Kier molecular flexibility index (Phi) is 5.55. The number of methoxy groups -OCH3 is 1. The number of aryl methyl sites for hydroxylation is 1. The number of carbonyl (C=O) groups excluding carboxylic acids is 1. The summed E-state index contributed by atoms with van der Waals surface area (Å²) >= 11 is 12.1. The van der Waals surface area contributed by atoms with Crippen molar-refractivity contribution >= 4 is 34.8 Å². The number of halogens is 2. The van der Waals surface area contributed by atoms with E-state index in [9.17, 15) is 4.79 Å². The fourth-order valence-corrected chi connectivity index (χ4v) is 2.69. The molecule has 0 aromatic heterocycles. The number of benzene rings is 2. The Morgan fingerprint density at radius 2 is 1.87 bits per heavy atom. The van der Waals surface area contributed by atoms with Gasteiger partial charge in [-0.15, -0.1) is 0 Å². The predicted octanol–water partition coefficient (Wildman–Crippen LogP) is 5.69. The van der Waals surface area contributed by atoms with E-state index in [4.69, 9.17) is 27.9 Å². The van der Waals surface area contributed by atoms with Crippen LogP contribution in [0.3, 0.4) is 0 Å². The van der Waals surface area contributed by atoms with E-state index in [-0.39, 0.29) is 11.8 Å². The first kappa shape index (κ1) is 17.6. The Morgan fingerprint density at radius 3 is 2.48 bits per heavy atom. The normalized spacial score (nSPS) is 10.7. The van der Waals surface area contributed by atoms with Gasteiger partial charge in [-0.1, -0.05) is 37.0 Å². The van der Waals surface area contributed by atoms with Crippen molar-refractivity contribution < 1.29 is 9.53 Å². The van der Waals surface area contributed by atoms with Crippen molar-refractivity contribution in [1.82, 2.24) is 0 Å². The van der Waals surface area contributed by atoms with E-state index in [2.05, 4.69) is 19.2 Å². The molecule has 3 nitrogen and oxygen atoms in total. The van der Waals surface area contributed by atoms with Gasteiger partial charge in [-0.25, -0.2) is 0 Å². The molecule has 2 rings (SSSR count). The summed E-state index contributed by atoms with van der Waals surface area (Å²) in [4.78, 5) is 12.6. The minimum absolute atomic E-state index is 0.226. The van der Waals surface area contributed by atoms with Gasteiger partial charge in [-0.2, -0.15) is 0 Å². The van der Waals surface area contributed by atoms with E-state index >= 15 is 0 Å². The molecule has 2 aromatic rings. The highest BCUT2D eigenvalue weighted by Gasteiger charge is 2.17. The molecular formula is C18H19Cl2NO2. The molecule has 5 heteroatoms. The smallest absolute Gasteiger partial charge is 0.255 e. The summed E-state index contributed by atoms with van der Waals surface area (Å²) in [5, 5.41) is 3.77. The number of carbonyl (C=O) groups is 1. The molecule has 1 amide bonds. The Morgan fingerprint density at radius 1 is 1.17 bits per heavy atom. The lowest BCUT2D eigenvalue weighted by molar-refractivity contribution is 0.102. The summed E-state index contributed by atoms with van der Waals surface area (Å²) in [5.74, 6) is 0.804. The van der Waals surface area contributed by atoms with E-state index in [1.54, 1.807) is 25.3 Å². The van der Waals surface area contributed by atoms with Crippen LogP contribution in [0.4, 0.5) is 5.69 Å². The summed E-state index contributed by atoms with van der Waals surface area (Å²) in [6.45, 7) is 5.99. The van der Waals surface area contributed by atoms with Crippen LogP contribution >= 0.6 is 23.2 Å². The Hall–Kier alpha value is -1.71. The van der Waals surface area contributed by atoms with Crippen LogP contribution in [0.5, 0.6) is 5.75 Å². The minimum Gasteiger partial charge on any atom is -0.496 e. The van der Waals surface area contributed by atoms with Gasteiger partial charge in [0.25, 0.3) is 5.91 Å². The molecule has 1 N–H and O–H groups in total. The zero-order chi connectivity index (χ0) is 17.1.